The molecule has 0 saturated heterocycles. The molecule has 0 radical (unpaired) electrons. The SMILES string of the molecule is N=C(NCCCCc1ccc(-c2ccc(CCC(=O)N(CCCN(CC(O)C(O)C(O)C(O)CO)CC(O)C(O)C(O)C(O)CO)C(CCCCN)C(=O)O)cc2)cc1)NC(=O)c1nc(Cl)c(N)nc1N. The lowest BCUT2D eigenvalue weighted by atomic mass is 9.99. The molecule has 1 aromatic heterocycles. The Hall–Kier alpha value is -5.19. The van der Waals surface area contributed by atoms with E-state index >= 15 is 0 Å². The number of anilines is 2. The van der Waals surface area contributed by atoms with E-state index in [0.717, 1.165) is 35.1 Å². The van der Waals surface area contributed by atoms with Gasteiger partial charge >= 0.3 is 5.97 Å². The number of benzene rings is 2. The number of halogens is 1. The number of hydrogen-bond donors (Lipinski definition) is 17. The van der Waals surface area contributed by atoms with Crippen molar-refractivity contribution in [1.29, 1.82) is 5.41 Å². The molecule has 3 aromatic rings. The van der Waals surface area contributed by atoms with Gasteiger partial charge in [-0.25, -0.2) is 14.8 Å². The van der Waals surface area contributed by atoms with Crippen LogP contribution in [0.4, 0.5) is 11.6 Å². The summed E-state index contributed by atoms with van der Waals surface area (Å²) in [4.78, 5) is 49.0. The summed E-state index contributed by atoms with van der Waals surface area (Å²) in [5.41, 5.74) is 20.4. The second-order valence-electron chi connectivity index (χ2n) is 17.2. The van der Waals surface area contributed by atoms with Gasteiger partial charge < -0.3 is 83.6 Å². The van der Waals surface area contributed by atoms with E-state index in [1.807, 2.05) is 48.5 Å². The molecule has 0 aliphatic rings. The van der Waals surface area contributed by atoms with Crippen LogP contribution in [0.25, 0.3) is 11.1 Å². The van der Waals surface area contributed by atoms with E-state index in [1.54, 1.807) is 0 Å². The molecule has 0 spiro atoms. The minimum Gasteiger partial charge on any atom is -0.480 e. The third-order valence-corrected chi connectivity index (χ3v) is 12.0. The Labute approximate surface area is 416 Å². The van der Waals surface area contributed by atoms with Gasteiger partial charge in [-0.1, -0.05) is 60.1 Å². The number of nitrogen functional groups attached to an aromatic ring is 2. The van der Waals surface area contributed by atoms with Gasteiger partial charge in [-0.2, -0.15) is 0 Å². The van der Waals surface area contributed by atoms with Crippen LogP contribution in [0.15, 0.2) is 48.5 Å². The second kappa shape index (κ2) is 30.6. The second-order valence-corrected chi connectivity index (χ2v) is 17.5. The maximum Gasteiger partial charge on any atom is 0.326 e. The first-order chi connectivity index (χ1) is 33.7. The molecule has 9 atom stereocenters. The van der Waals surface area contributed by atoms with Crippen LogP contribution in [-0.2, 0) is 22.4 Å². The molecule has 0 bridgehead atoms. The van der Waals surface area contributed by atoms with Crippen LogP contribution in [0.1, 0.15) is 66.6 Å². The molecule has 3 rings (SSSR count). The highest BCUT2D eigenvalue weighted by atomic mass is 35.5. The first-order valence-electron chi connectivity index (χ1n) is 23.2. The number of carbonyl (C=O) groups is 3. The number of rotatable bonds is 32. The third-order valence-electron chi connectivity index (χ3n) is 11.7. The number of amides is 2. The van der Waals surface area contributed by atoms with Crippen molar-refractivity contribution in [2.75, 3.05) is 63.9 Å². The van der Waals surface area contributed by atoms with Crippen LogP contribution in [0.5, 0.6) is 0 Å². The van der Waals surface area contributed by atoms with Crippen LogP contribution in [-0.4, -0.2) is 207 Å². The number of aliphatic carboxylic acids is 1. The van der Waals surface area contributed by atoms with E-state index in [1.165, 1.54) is 9.80 Å². The van der Waals surface area contributed by atoms with Crippen molar-refractivity contribution in [3.63, 3.8) is 0 Å². The number of guanidine groups is 1. The number of nitrogens with two attached hydrogens (primary N) is 3. The summed E-state index contributed by atoms with van der Waals surface area (Å²) in [6, 6.07) is 14.4. The Morgan fingerprint density at radius 1 is 0.676 bits per heavy atom. The Kier molecular flexibility index (Phi) is 25.9. The summed E-state index contributed by atoms with van der Waals surface area (Å²) in [6.07, 6.45) is -11.7. The number of aliphatic hydroxyl groups excluding tert-OH is 10. The van der Waals surface area contributed by atoms with Crippen molar-refractivity contribution >= 4 is 47.0 Å². The fraction of sp³-hybridized carbons (Fsp3) is 0.565. The summed E-state index contributed by atoms with van der Waals surface area (Å²) >= 11 is 5.83. The summed E-state index contributed by atoms with van der Waals surface area (Å²) in [5, 5.41) is 124. The zero-order valence-corrected chi connectivity index (χ0v) is 40.1. The van der Waals surface area contributed by atoms with Gasteiger partial charge in [0, 0.05) is 39.1 Å². The summed E-state index contributed by atoms with van der Waals surface area (Å²) in [5.74, 6) is -3.03. The monoisotopic (exact) mass is 1020 g/mol. The van der Waals surface area contributed by atoms with Gasteiger partial charge in [0.25, 0.3) is 5.91 Å². The maximum atomic E-state index is 13.9. The van der Waals surface area contributed by atoms with Gasteiger partial charge in [-0.05, 0) is 80.2 Å². The largest absolute Gasteiger partial charge is 0.480 e. The fourth-order valence-corrected chi connectivity index (χ4v) is 7.68. The van der Waals surface area contributed by atoms with Crippen LogP contribution >= 0.6 is 11.6 Å². The molecule has 9 unspecified atom stereocenters. The number of carbonyl (C=O) groups excluding carboxylic acids is 2. The molecule has 20 N–H and O–H groups in total. The number of aliphatic hydroxyl groups is 10. The zero-order chi connectivity index (χ0) is 52.8. The summed E-state index contributed by atoms with van der Waals surface area (Å²) < 4.78 is 0. The average molecular weight is 1020 g/mol. The number of unbranched alkanes of at least 4 members (excludes halogenated alkanes) is 2. The highest BCUT2D eigenvalue weighted by Gasteiger charge is 2.35. The predicted molar refractivity (Wildman–Crippen MR) is 262 cm³/mol. The Bertz CT molecular complexity index is 2080. The van der Waals surface area contributed by atoms with Gasteiger partial charge in [0.05, 0.1) is 25.4 Å². The van der Waals surface area contributed by atoms with Crippen molar-refractivity contribution in [2.24, 2.45) is 5.73 Å². The smallest absolute Gasteiger partial charge is 0.326 e. The number of carboxylic acid groups (broad SMARTS) is 1. The van der Waals surface area contributed by atoms with Crippen LogP contribution < -0.4 is 27.8 Å². The maximum absolute atomic E-state index is 13.9. The Balaban J connectivity index is 1.61. The van der Waals surface area contributed by atoms with E-state index in [-0.39, 0.29) is 67.2 Å². The van der Waals surface area contributed by atoms with Crippen molar-refractivity contribution in [2.45, 2.75) is 113 Å². The van der Waals surface area contributed by atoms with Gasteiger partial charge in [0.1, 0.15) is 42.7 Å². The zero-order valence-electron chi connectivity index (χ0n) is 39.4. The normalized spacial score (nSPS) is 15.5. The molecule has 0 aliphatic carbocycles. The Morgan fingerprint density at radius 2 is 1.20 bits per heavy atom. The van der Waals surface area contributed by atoms with Gasteiger partial charge in [-0.3, -0.25) is 25.2 Å². The highest BCUT2D eigenvalue weighted by Crippen LogP contribution is 2.23. The first kappa shape index (κ1) is 60.1. The van der Waals surface area contributed by atoms with Crippen molar-refractivity contribution in [1.82, 2.24) is 30.4 Å². The number of aromatic nitrogens is 2. The molecular formula is C46H71ClN10O14. The lowest BCUT2D eigenvalue weighted by molar-refractivity contribution is -0.150. The number of nitrogens with zero attached hydrogens (tertiary/aromatic N) is 4. The van der Waals surface area contributed by atoms with Gasteiger partial charge in [0.2, 0.25) is 5.91 Å². The molecule has 396 valence electrons. The van der Waals surface area contributed by atoms with Crippen molar-refractivity contribution in [3.05, 3.63) is 70.5 Å². The van der Waals surface area contributed by atoms with Crippen LogP contribution in [0.3, 0.4) is 0 Å². The van der Waals surface area contributed by atoms with Crippen LogP contribution in [0.2, 0.25) is 5.15 Å². The van der Waals surface area contributed by atoms with E-state index in [4.69, 9.17) is 34.2 Å². The molecule has 0 aliphatic heterocycles. The predicted octanol–water partition coefficient (Wildman–Crippen LogP) is -2.85. The molecule has 1 heterocycles. The standard InChI is InChI=1S/C46H71ClN10O14/c47-41-43(50)54-42(49)36(53-41)44(69)55-46(51)52-19-4-2-6-26-8-13-28(14-9-26)29-15-10-27(11-16-29)12-17-35(64)57(30(45(70)71)7-1-3-18-48)21-5-20-56(22-31(60)37(65)39(67)33(62)24-58)23-32(61)38(66)40(68)34(63)25-59/h8-11,13-16,30-34,37-40,58-63,65-68H,1-7,12,17-25,48H2,(H,70,71)(H4,49,50,54)(H3,51,52,55,69). The lowest BCUT2D eigenvalue weighted by Crippen LogP contribution is -2.53. The fourth-order valence-electron chi connectivity index (χ4n) is 7.56. The van der Waals surface area contributed by atoms with Crippen molar-refractivity contribution in [3.8, 4) is 11.1 Å². The summed E-state index contributed by atoms with van der Waals surface area (Å²) in [7, 11) is 0. The molecule has 25 heteroatoms. The quantitative estimate of drug-likeness (QED) is 0.0170. The molecule has 71 heavy (non-hydrogen) atoms. The van der Waals surface area contributed by atoms with E-state index in [9.17, 15) is 70.6 Å². The van der Waals surface area contributed by atoms with Crippen LogP contribution in [0, 0.1) is 5.41 Å². The van der Waals surface area contributed by atoms with E-state index < -0.39 is 99.0 Å². The lowest BCUT2D eigenvalue weighted by Gasteiger charge is -2.34. The number of aryl methyl sites for hydroxylation is 2. The van der Waals surface area contributed by atoms with Gasteiger partial charge in [0.15, 0.2) is 28.4 Å². The van der Waals surface area contributed by atoms with Gasteiger partial charge in [-0.15, -0.1) is 0 Å². The number of nitrogens with one attached hydrogen (secondary N) is 3. The first-order valence-corrected chi connectivity index (χ1v) is 23.6. The Morgan fingerprint density at radius 3 is 1.70 bits per heavy atom. The molecule has 2 amide bonds. The molecule has 24 nitrogen and oxygen atoms in total. The molecular weight excluding hydrogens is 952 g/mol. The average Bonchev–Trinajstić information content (AvgIpc) is 3.35. The minimum absolute atomic E-state index is 0.0231. The van der Waals surface area contributed by atoms with E-state index in [0.29, 0.717) is 32.4 Å². The highest BCUT2D eigenvalue weighted by molar-refractivity contribution is 6.31. The number of carboxylic acids is 1. The topological polar surface area (TPSA) is 432 Å². The minimum atomic E-state index is -2.00. The third kappa shape index (κ3) is 19.4. The molecule has 2 aromatic carbocycles. The summed E-state index contributed by atoms with van der Waals surface area (Å²) in [6.45, 7) is -2.44. The molecule has 0 saturated carbocycles. The van der Waals surface area contributed by atoms with Crippen molar-refractivity contribution < 1.29 is 70.6 Å². The number of hydrogen-bond acceptors (Lipinski definition) is 20. The van der Waals surface area contributed by atoms with E-state index in [2.05, 4.69) is 20.6 Å². The molecule has 0 fully saturated rings.